The van der Waals surface area contributed by atoms with Gasteiger partial charge in [0.15, 0.2) is 11.5 Å². The molecule has 0 N–H and O–H groups in total. The van der Waals surface area contributed by atoms with Crippen LogP contribution in [0, 0.1) is 6.92 Å². The first kappa shape index (κ1) is 22.0. The first-order valence-electron chi connectivity index (χ1n) is 10.1. The Bertz CT molecular complexity index is 1350. The Hall–Kier alpha value is -3.23. The smallest absolute Gasteiger partial charge is 0.268 e. The van der Waals surface area contributed by atoms with Crippen molar-refractivity contribution >= 4 is 20.9 Å². The zero-order valence-corrected chi connectivity index (χ0v) is 19.3. The highest BCUT2D eigenvalue weighted by atomic mass is 32.2. The molecule has 168 valence electrons. The highest BCUT2D eigenvalue weighted by Crippen LogP contribution is 2.39. The molecule has 0 aliphatic carbocycles. The molecular formula is C24H26N2O5S. The maximum Gasteiger partial charge on any atom is 0.268 e. The molecule has 0 spiro atoms. The predicted molar refractivity (Wildman–Crippen MR) is 124 cm³/mol. The van der Waals surface area contributed by atoms with Crippen LogP contribution in [0.3, 0.4) is 0 Å². The average molecular weight is 455 g/mol. The van der Waals surface area contributed by atoms with Crippen LogP contribution in [0.1, 0.15) is 5.56 Å². The molecule has 7 nitrogen and oxygen atoms in total. The normalized spacial score (nSPS) is 11.8. The van der Waals surface area contributed by atoms with E-state index in [1.165, 1.54) is 3.97 Å². The van der Waals surface area contributed by atoms with E-state index in [4.69, 9.17) is 14.2 Å². The van der Waals surface area contributed by atoms with Gasteiger partial charge in [-0.3, -0.25) is 0 Å². The maximum atomic E-state index is 13.4. The van der Waals surface area contributed by atoms with Crippen LogP contribution < -0.4 is 9.47 Å². The summed E-state index contributed by atoms with van der Waals surface area (Å²) in [6.45, 7) is 3.04. The molecule has 4 rings (SSSR count). The van der Waals surface area contributed by atoms with Gasteiger partial charge in [-0.05, 0) is 37.3 Å². The minimum absolute atomic E-state index is 0.239. The number of hydrogen-bond acceptors (Lipinski definition) is 5. The van der Waals surface area contributed by atoms with Gasteiger partial charge in [0.1, 0.15) is 0 Å². The van der Waals surface area contributed by atoms with Crippen molar-refractivity contribution in [2.45, 2.75) is 18.4 Å². The summed E-state index contributed by atoms with van der Waals surface area (Å²) in [5, 5.41) is 0.859. The number of methoxy groups -OCH3 is 3. The standard InChI is InChI=1S/C24H26N2O5S/c1-17-7-9-18(10-8-17)32(27,28)26-11-5-6-21(26)20-16-25(12-13-29-2)22-15-24(31-4)23(30-3)14-19(20)22/h5-11,14-16H,12-13H2,1-4H3. The molecule has 0 aliphatic heterocycles. The summed E-state index contributed by atoms with van der Waals surface area (Å²) in [5.41, 5.74) is 3.24. The quantitative estimate of drug-likeness (QED) is 0.397. The topological polar surface area (TPSA) is 71.7 Å². The SMILES string of the molecule is COCCn1cc(-c2cccn2S(=O)(=O)c2ccc(C)cc2)c2cc(OC)c(OC)cc21. The van der Waals surface area contributed by atoms with E-state index in [2.05, 4.69) is 0 Å². The third-order valence-corrected chi connectivity index (χ3v) is 7.19. The van der Waals surface area contributed by atoms with Crippen LogP contribution in [-0.2, 0) is 21.3 Å². The number of benzene rings is 2. The summed E-state index contributed by atoms with van der Waals surface area (Å²) < 4.78 is 46.5. The van der Waals surface area contributed by atoms with Crippen LogP contribution in [0.15, 0.2) is 65.8 Å². The highest BCUT2D eigenvalue weighted by Gasteiger charge is 2.23. The summed E-state index contributed by atoms with van der Waals surface area (Å²) in [4.78, 5) is 0.239. The molecular weight excluding hydrogens is 428 g/mol. The van der Waals surface area contributed by atoms with E-state index in [1.54, 1.807) is 63.9 Å². The van der Waals surface area contributed by atoms with E-state index in [0.717, 1.165) is 22.0 Å². The van der Waals surface area contributed by atoms with Crippen LogP contribution in [0.5, 0.6) is 11.5 Å². The molecule has 32 heavy (non-hydrogen) atoms. The Morgan fingerprint density at radius 2 is 1.62 bits per heavy atom. The number of aromatic nitrogens is 2. The molecule has 2 aromatic heterocycles. The molecule has 0 saturated heterocycles. The second-order valence-electron chi connectivity index (χ2n) is 7.46. The largest absolute Gasteiger partial charge is 0.493 e. The Kier molecular flexibility index (Phi) is 5.99. The van der Waals surface area contributed by atoms with Gasteiger partial charge in [0.2, 0.25) is 0 Å². The molecule has 0 fully saturated rings. The Morgan fingerprint density at radius 3 is 2.28 bits per heavy atom. The lowest BCUT2D eigenvalue weighted by Crippen LogP contribution is -2.13. The molecule has 0 aliphatic rings. The average Bonchev–Trinajstić information content (AvgIpc) is 3.42. The van der Waals surface area contributed by atoms with Gasteiger partial charge in [0.25, 0.3) is 10.0 Å². The molecule has 2 aromatic carbocycles. The molecule has 4 aromatic rings. The van der Waals surface area contributed by atoms with Gasteiger partial charge in [-0.25, -0.2) is 12.4 Å². The van der Waals surface area contributed by atoms with E-state index in [0.29, 0.717) is 30.3 Å². The summed E-state index contributed by atoms with van der Waals surface area (Å²) in [6.07, 6.45) is 3.52. The first-order valence-corrected chi connectivity index (χ1v) is 11.6. The van der Waals surface area contributed by atoms with Gasteiger partial charge in [0.05, 0.1) is 36.9 Å². The summed E-state index contributed by atoms with van der Waals surface area (Å²) in [5.74, 6) is 1.18. The predicted octanol–water partition coefficient (Wildman–Crippen LogP) is 4.32. The lowest BCUT2D eigenvalue weighted by molar-refractivity contribution is 0.188. The van der Waals surface area contributed by atoms with Crippen LogP contribution in [-0.4, -0.2) is 44.9 Å². The van der Waals surface area contributed by atoms with Crippen molar-refractivity contribution in [1.29, 1.82) is 0 Å². The number of rotatable bonds is 8. The van der Waals surface area contributed by atoms with Gasteiger partial charge >= 0.3 is 0 Å². The van der Waals surface area contributed by atoms with Crippen molar-refractivity contribution in [1.82, 2.24) is 8.54 Å². The molecule has 2 heterocycles. The number of hydrogen-bond donors (Lipinski definition) is 0. The van der Waals surface area contributed by atoms with Gasteiger partial charge in [-0.1, -0.05) is 17.7 Å². The van der Waals surface area contributed by atoms with E-state index in [1.807, 2.05) is 29.8 Å². The summed E-state index contributed by atoms with van der Waals surface area (Å²) >= 11 is 0. The fraction of sp³-hybridized carbons (Fsp3) is 0.250. The maximum absolute atomic E-state index is 13.4. The number of fused-ring (bicyclic) bond motifs is 1. The van der Waals surface area contributed by atoms with Crippen LogP contribution in [0.4, 0.5) is 0 Å². The van der Waals surface area contributed by atoms with Crippen molar-refractivity contribution in [3.05, 3.63) is 66.5 Å². The molecule has 0 radical (unpaired) electrons. The number of aryl methyl sites for hydroxylation is 1. The molecule has 8 heteroatoms. The molecule has 0 amide bonds. The monoisotopic (exact) mass is 454 g/mol. The fourth-order valence-corrected chi connectivity index (χ4v) is 5.16. The van der Waals surface area contributed by atoms with Crippen LogP contribution in [0.2, 0.25) is 0 Å². The van der Waals surface area contributed by atoms with Crippen LogP contribution >= 0.6 is 0 Å². The van der Waals surface area contributed by atoms with Gasteiger partial charge in [0, 0.05) is 43.1 Å². The molecule has 0 bridgehead atoms. The Morgan fingerprint density at radius 1 is 0.938 bits per heavy atom. The van der Waals surface area contributed by atoms with Gasteiger partial charge in [-0.15, -0.1) is 0 Å². The van der Waals surface area contributed by atoms with E-state index >= 15 is 0 Å². The van der Waals surface area contributed by atoms with Crippen molar-refractivity contribution in [2.75, 3.05) is 27.9 Å². The van der Waals surface area contributed by atoms with Crippen molar-refractivity contribution in [3.8, 4) is 22.8 Å². The van der Waals surface area contributed by atoms with Crippen molar-refractivity contribution < 1.29 is 22.6 Å². The second kappa shape index (κ2) is 8.72. The van der Waals surface area contributed by atoms with E-state index in [-0.39, 0.29) is 4.90 Å². The number of nitrogens with zero attached hydrogens (tertiary/aromatic N) is 2. The first-order chi connectivity index (χ1) is 15.4. The lowest BCUT2D eigenvalue weighted by Gasteiger charge is -2.11. The zero-order chi connectivity index (χ0) is 22.9. The Balaban J connectivity index is 1.93. The van der Waals surface area contributed by atoms with Gasteiger partial charge in [-0.2, -0.15) is 0 Å². The minimum Gasteiger partial charge on any atom is -0.493 e. The zero-order valence-electron chi connectivity index (χ0n) is 18.5. The second-order valence-corrected chi connectivity index (χ2v) is 9.28. The van der Waals surface area contributed by atoms with Crippen molar-refractivity contribution in [2.24, 2.45) is 0 Å². The van der Waals surface area contributed by atoms with Crippen LogP contribution in [0.25, 0.3) is 22.2 Å². The summed E-state index contributed by atoms with van der Waals surface area (Å²) in [7, 11) is 1.05. The Labute approximate surface area is 187 Å². The molecule has 0 saturated carbocycles. The van der Waals surface area contributed by atoms with Crippen molar-refractivity contribution in [3.63, 3.8) is 0 Å². The molecule has 0 atom stereocenters. The highest BCUT2D eigenvalue weighted by molar-refractivity contribution is 7.90. The minimum atomic E-state index is -3.77. The van der Waals surface area contributed by atoms with E-state index in [9.17, 15) is 8.42 Å². The molecule has 0 unspecified atom stereocenters. The van der Waals surface area contributed by atoms with E-state index < -0.39 is 10.0 Å². The summed E-state index contributed by atoms with van der Waals surface area (Å²) in [6, 6.07) is 14.2. The lowest BCUT2D eigenvalue weighted by atomic mass is 10.1. The van der Waals surface area contributed by atoms with Gasteiger partial charge < -0.3 is 18.8 Å². The third-order valence-electron chi connectivity index (χ3n) is 5.49. The number of ether oxygens (including phenoxy) is 3. The fourth-order valence-electron chi connectivity index (χ4n) is 3.80. The third kappa shape index (κ3) is 3.76.